The van der Waals surface area contributed by atoms with Crippen molar-refractivity contribution in [1.82, 2.24) is 0 Å². The highest BCUT2D eigenvalue weighted by Gasteiger charge is 2.14. The van der Waals surface area contributed by atoms with Crippen LogP contribution in [0.4, 0.5) is 14.9 Å². The normalized spacial score (nSPS) is 10.1. The van der Waals surface area contributed by atoms with Crippen molar-refractivity contribution in [3.8, 4) is 0 Å². The van der Waals surface area contributed by atoms with Crippen molar-refractivity contribution < 1.29 is 23.8 Å². The number of nitrogens with one attached hydrogen (secondary N) is 1. The number of carbonyl (C=O) groups excluding carboxylic acids is 1. The van der Waals surface area contributed by atoms with Crippen molar-refractivity contribution in [1.29, 1.82) is 0 Å². The number of rotatable bonds is 3. The summed E-state index contributed by atoms with van der Waals surface area (Å²) in [6, 6.07) is 3.05. The van der Waals surface area contributed by atoms with Gasteiger partial charge in [-0.1, -0.05) is 0 Å². The lowest BCUT2D eigenvalue weighted by Crippen LogP contribution is -2.19. The maximum absolute atomic E-state index is 12.8. The smallest absolute Gasteiger partial charge is 0.411 e. The standard InChI is InChI=1S/C11H12FNO4/c1-6(2)17-11(16)13-9-4-3-7(12)5-8(9)10(14)15/h3-6H,1-2H3,(H,13,16)(H,14,15). The minimum Gasteiger partial charge on any atom is -0.478 e. The van der Waals surface area contributed by atoms with E-state index in [0.29, 0.717) is 0 Å². The van der Waals surface area contributed by atoms with Crippen LogP contribution in [0.5, 0.6) is 0 Å². The van der Waals surface area contributed by atoms with Gasteiger partial charge in [0.15, 0.2) is 0 Å². The van der Waals surface area contributed by atoms with E-state index in [1.807, 2.05) is 0 Å². The number of benzene rings is 1. The monoisotopic (exact) mass is 241 g/mol. The molecule has 0 bridgehead atoms. The van der Waals surface area contributed by atoms with Crippen LogP contribution in [0.15, 0.2) is 18.2 Å². The Balaban J connectivity index is 2.91. The Bertz CT molecular complexity index is 445. The van der Waals surface area contributed by atoms with Gasteiger partial charge in [0.05, 0.1) is 17.4 Å². The van der Waals surface area contributed by atoms with E-state index in [9.17, 15) is 14.0 Å². The number of aromatic carboxylic acids is 1. The first kappa shape index (κ1) is 13.0. The molecule has 0 heterocycles. The molecule has 6 heteroatoms. The lowest BCUT2D eigenvalue weighted by Gasteiger charge is -2.11. The molecule has 0 aliphatic heterocycles. The SMILES string of the molecule is CC(C)OC(=O)Nc1ccc(F)cc1C(=O)O. The van der Waals surface area contributed by atoms with Crippen LogP contribution < -0.4 is 5.32 Å². The van der Waals surface area contributed by atoms with E-state index in [4.69, 9.17) is 9.84 Å². The first-order valence-corrected chi connectivity index (χ1v) is 4.90. The fourth-order valence-corrected chi connectivity index (χ4v) is 1.16. The highest BCUT2D eigenvalue weighted by molar-refractivity contribution is 5.98. The maximum atomic E-state index is 12.8. The molecule has 0 spiro atoms. The van der Waals surface area contributed by atoms with E-state index in [2.05, 4.69) is 5.32 Å². The summed E-state index contributed by atoms with van der Waals surface area (Å²) >= 11 is 0. The summed E-state index contributed by atoms with van der Waals surface area (Å²) in [5.41, 5.74) is -0.338. The van der Waals surface area contributed by atoms with Gasteiger partial charge in [-0.3, -0.25) is 5.32 Å². The van der Waals surface area contributed by atoms with Crippen LogP contribution in [0.3, 0.4) is 0 Å². The molecule has 0 aromatic heterocycles. The molecule has 0 fully saturated rings. The van der Waals surface area contributed by atoms with E-state index in [1.54, 1.807) is 13.8 Å². The van der Waals surface area contributed by atoms with Crippen LogP contribution in [0.25, 0.3) is 0 Å². The molecule has 0 unspecified atom stereocenters. The number of hydrogen-bond acceptors (Lipinski definition) is 3. The van der Waals surface area contributed by atoms with Crippen LogP contribution in [-0.2, 0) is 4.74 Å². The number of carboxylic acid groups (broad SMARTS) is 1. The minimum atomic E-state index is -1.33. The molecule has 1 amide bonds. The van der Waals surface area contributed by atoms with Gasteiger partial charge in [-0.25, -0.2) is 14.0 Å². The van der Waals surface area contributed by atoms with Gasteiger partial charge in [-0.05, 0) is 32.0 Å². The van der Waals surface area contributed by atoms with Crippen LogP contribution in [0, 0.1) is 5.82 Å². The average Bonchev–Trinajstić information content (AvgIpc) is 2.19. The fourth-order valence-electron chi connectivity index (χ4n) is 1.16. The van der Waals surface area contributed by atoms with Gasteiger partial charge in [-0.15, -0.1) is 0 Å². The van der Waals surface area contributed by atoms with Gasteiger partial charge in [-0.2, -0.15) is 0 Å². The molecule has 2 N–H and O–H groups in total. The fraction of sp³-hybridized carbons (Fsp3) is 0.273. The molecule has 0 aliphatic rings. The second kappa shape index (κ2) is 5.29. The Morgan fingerprint density at radius 2 is 2.06 bits per heavy atom. The zero-order chi connectivity index (χ0) is 13.0. The zero-order valence-electron chi connectivity index (χ0n) is 9.36. The van der Waals surface area contributed by atoms with Crippen molar-refractivity contribution >= 4 is 17.7 Å². The Hall–Kier alpha value is -2.11. The van der Waals surface area contributed by atoms with Gasteiger partial charge >= 0.3 is 12.1 Å². The summed E-state index contributed by atoms with van der Waals surface area (Å²) in [4.78, 5) is 22.1. The molecule has 1 aromatic carbocycles. The van der Waals surface area contributed by atoms with Crippen molar-refractivity contribution in [2.45, 2.75) is 20.0 Å². The number of anilines is 1. The summed E-state index contributed by atoms with van der Waals surface area (Å²) in [7, 11) is 0. The topological polar surface area (TPSA) is 75.6 Å². The molecule has 17 heavy (non-hydrogen) atoms. The summed E-state index contributed by atoms with van der Waals surface area (Å²) in [5.74, 6) is -2.02. The second-order valence-electron chi connectivity index (χ2n) is 3.57. The molecule has 1 rings (SSSR count). The number of amides is 1. The minimum absolute atomic E-state index is 0.00968. The highest BCUT2D eigenvalue weighted by atomic mass is 19.1. The highest BCUT2D eigenvalue weighted by Crippen LogP contribution is 2.17. The summed E-state index contributed by atoms with van der Waals surface area (Å²) in [6.45, 7) is 3.31. The van der Waals surface area contributed by atoms with Crippen molar-refractivity contribution in [2.75, 3.05) is 5.32 Å². The largest absolute Gasteiger partial charge is 0.478 e. The Morgan fingerprint density at radius 3 is 2.59 bits per heavy atom. The second-order valence-corrected chi connectivity index (χ2v) is 3.57. The first-order chi connectivity index (χ1) is 7.90. The Morgan fingerprint density at radius 1 is 1.41 bits per heavy atom. The lowest BCUT2D eigenvalue weighted by atomic mass is 10.2. The first-order valence-electron chi connectivity index (χ1n) is 4.90. The van der Waals surface area contributed by atoms with E-state index in [-0.39, 0.29) is 17.4 Å². The predicted octanol–water partition coefficient (Wildman–Crippen LogP) is 2.48. The number of ether oxygens (including phenoxy) is 1. The van der Waals surface area contributed by atoms with Gasteiger partial charge in [0.25, 0.3) is 0 Å². The van der Waals surface area contributed by atoms with E-state index < -0.39 is 17.9 Å². The average molecular weight is 241 g/mol. The van der Waals surface area contributed by atoms with Crippen LogP contribution in [0.2, 0.25) is 0 Å². The van der Waals surface area contributed by atoms with Gasteiger partial charge in [0.2, 0.25) is 0 Å². The summed E-state index contributed by atoms with van der Waals surface area (Å²) in [5, 5.41) is 11.1. The van der Waals surface area contributed by atoms with E-state index in [1.165, 1.54) is 6.07 Å². The van der Waals surface area contributed by atoms with Crippen molar-refractivity contribution in [3.05, 3.63) is 29.6 Å². The van der Waals surface area contributed by atoms with Crippen molar-refractivity contribution in [2.24, 2.45) is 0 Å². The van der Waals surface area contributed by atoms with Crippen LogP contribution in [-0.4, -0.2) is 23.3 Å². The Kier molecular flexibility index (Phi) is 4.03. The molecule has 0 aliphatic carbocycles. The zero-order valence-corrected chi connectivity index (χ0v) is 9.36. The third kappa shape index (κ3) is 3.75. The number of halogens is 1. The lowest BCUT2D eigenvalue weighted by molar-refractivity contribution is 0.0697. The quantitative estimate of drug-likeness (QED) is 0.852. The van der Waals surface area contributed by atoms with Crippen LogP contribution >= 0.6 is 0 Å². The van der Waals surface area contributed by atoms with Crippen molar-refractivity contribution in [3.63, 3.8) is 0 Å². The number of carboxylic acids is 1. The molecule has 92 valence electrons. The third-order valence-electron chi connectivity index (χ3n) is 1.79. The number of hydrogen-bond donors (Lipinski definition) is 2. The molecule has 1 aromatic rings. The molecular formula is C11H12FNO4. The predicted molar refractivity (Wildman–Crippen MR) is 58.6 cm³/mol. The third-order valence-corrected chi connectivity index (χ3v) is 1.79. The summed E-state index contributed by atoms with van der Waals surface area (Å²) in [6.07, 6.45) is -1.11. The molecular weight excluding hydrogens is 229 g/mol. The van der Waals surface area contributed by atoms with Gasteiger partial charge < -0.3 is 9.84 Å². The van der Waals surface area contributed by atoms with E-state index >= 15 is 0 Å². The molecule has 0 saturated carbocycles. The maximum Gasteiger partial charge on any atom is 0.411 e. The molecule has 0 saturated heterocycles. The van der Waals surface area contributed by atoms with Gasteiger partial charge in [0, 0.05) is 0 Å². The molecule has 5 nitrogen and oxygen atoms in total. The molecule has 0 radical (unpaired) electrons. The van der Waals surface area contributed by atoms with E-state index in [0.717, 1.165) is 12.1 Å². The van der Waals surface area contributed by atoms with Gasteiger partial charge in [0.1, 0.15) is 5.82 Å². The van der Waals surface area contributed by atoms with Crippen LogP contribution in [0.1, 0.15) is 24.2 Å². The Labute approximate surface area is 97.2 Å². The molecule has 0 atom stereocenters. The summed E-state index contributed by atoms with van der Waals surface area (Å²) < 4.78 is 17.6. The number of carbonyl (C=O) groups is 2.